The number of azo groups is 1. The molecule has 5 nitrogen and oxygen atoms in total. The van der Waals surface area contributed by atoms with Crippen LogP contribution >= 0.6 is 0 Å². The number of hydrogen-bond donors (Lipinski definition) is 1. The third-order valence-electron chi connectivity index (χ3n) is 7.32. The molecule has 0 amide bonds. The summed E-state index contributed by atoms with van der Waals surface area (Å²) in [6.45, 7) is 11.2. The molecule has 0 radical (unpaired) electrons. The van der Waals surface area contributed by atoms with Crippen LogP contribution in [0.25, 0.3) is 22.4 Å². The van der Waals surface area contributed by atoms with E-state index < -0.39 is 0 Å². The summed E-state index contributed by atoms with van der Waals surface area (Å²) in [6, 6.07) is 21.1. The summed E-state index contributed by atoms with van der Waals surface area (Å²) in [7, 11) is 0. The largest absolute Gasteiger partial charge is 0.321 e. The van der Waals surface area contributed by atoms with Gasteiger partial charge < -0.3 is 5.73 Å². The Bertz CT molecular complexity index is 1280. The van der Waals surface area contributed by atoms with Crippen LogP contribution in [0, 0.1) is 5.41 Å². The summed E-state index contributed by atoms with van der Waals surface area (Å²) in [5, 5.41) is 8.84. The number of pyridine rings is 1. The lowest BCUT2D eigenvalue weighted by Gasteiger charge is -2.53. The molecule has 0 bridgehead atoms. The Labute approximate surface area is 215 Å². The standard InChI is InChI=1S/C31H37N5/c1-6-22(4)35-36-29-25(19-33-8-3)18-27(23-12-10-9-11-13-23)28(34-29)24-14-16-26(17-15-24)31(32)20-30(5,7-2)21-31/h6,9-19H,7-8,20-21,32H2,1-5H3/b22-6-,33-19?,36-35?. The van der Waals surface area contributed by atoms with E-state index >= 15 is 0 Å². The first-order chi connectivity index (χ1) is 17.3. The highest BCUT2D eigenvalue weighted by Gasteiger charge is 2.49. The Morgan fingerprint density at radius 3 is 2.33 bits per heavy atom. The highest BCUT2D eigenvalue weighted by atomic mass is 15.1. The summed E-state index contributed by atoms with van der Waals surface area (Å²) >= 11 is 0. The Balaban J connectivity index is 1.82. The first kappa shape index (κ1) is 25.6. The Morgan fingerprint density at radius 1 is 1.03 bits per heavy atom. The number of nitrogens with zero attached hydrogens (tertiary/aromatic N) is 4. The first-order valence-corrected chi connectivity index (χ1v) is 12.9. The van der Waals surface area contributed by atoms with Crippen LogP contribution in [0.1, 0.15) is 65.0 Å². The van der Waals surface area contributed by atoms with Gasteiger partial charge in [-0.3, -0.25) is 4.99 Å². The minimum Gasteiger partial charge on any atom is -0.321 e. The van der Waals surface area contributed by atoms with Gasteiger partial charge in [-0.2, -0.15) is 5.11 Å². The monoisotopic (exact) mass is 479 g/mol. The van der Waals surface area contributed by atoms with E-state index in [2.05, 4.69) is 71.5 Å². The lowest BCUT2D eigenvalue weighted by molar-refractivity contribution is 0.0391. The van der Waals surface area contributed by atoms with E-state index in [-0.39, 0.29) is 5.54 Å². The maximum Gasteiger partial charge on any atom is 0.183 e. The fraction of sp³-hybridized carbons (Fsp3) is 0.355. The maximum absolute atomic E-state index is 6.79. The van der Waals surface area contributed by atoms with Gasteiger partial charge in [0, 0.05) is 35.0 Å². The van der Waals surface area contributed by atoms with Gasteiger partial charge in [0.25, 0.3) is 0 Å². The molecule has 1 fully saturated rings. The predicted octanol–water partition coefficient (Wildman–Crippen LogP) is 8.23. The molecule has 2 N–H and O–H groups in total. The number of benzene rings is 2. The number of allylic oxidation sites excluding steroid dienone is 2. The lowest BCUT2D eigenvalue weighted by Crippen LogP contribution is -2.54. The maximum atomic E-state index is 6.79. The van der Waals surface area contributed by atoms with Gasteiger partial charge in [0.2, 0.25) is 0 Å². The van der Waals surface area contributed by atoms with Gasteiger partial charge in [-0.05, 0) is 56.2 Å². The SMILES string of the molecule is C/C=C(/C)N=Nc1nc(-c2ccc(C3(N)CC(C)(CC)C3)cc2)c(-c2ccccc2)cc1C=NCC. The summed E-state index contributed by atoms with van der Waals surface area (Å²) in [6.07, 6.45) is 6.96. The van der Waals surface area contributed by atoms with Crippen molar-refractivity contribution < 1.29 is 0 Å². The van der Waals surface area contributed by atoms with Crippen molar-refractivity contribution in [2.24, 2.45) is 26.4 Å². The van der Waals surface area contributed by atoms with Crippen molar-refractivity contribution in [2.75, 3.05) is 6.54 Å². The van der Waals surface area contributed by atoms with Crippen molar-refractivity contribution in [3.63, 3.8) is 0 Å². The fourth-order valence-corrected chi connectivity index (χ4v) is 5.01. The van der Waals surface area contributed by atoms with Gasteiger partial charge >= 0.3 is 0 Å². The zero-order chi connectivity index (χ0) is 25.8. The van der Waals surface area contributed by atoms with Crippen LogP contribution in [-0.2, 0) is 5.54 Å². The van der Waals surface area contributed by atoms with Crippen molar-refractivity contribution in [2.45, 2.75) is 59.4 Å². The molecule has 0 atom stereocenters. The molecule has 36 heavy (non-hydrogen) atoms. The van der Waals surface area contributed by atoms with E-state index in [0.717, 1.165) is 52.9 Å². The molecule has 1 aliphatic rings. The van der Waals surface area contributed by atoms with Gasteiger partial charge in [-0.1, -0.05) is 80.9 Å². The number of aromatic nitrogens is 1. The summed E-state index contributed by atoms with van der Waals surface area (Å²) in [5.74, 6) is 0.556. The Morgan fingerprint density at radius 2 is 1.72 bits per heavy atom. The molecule has 4 rings (SSSR count). The molecule has 5 heteroatoms. The van der Waals surface area contributed by atoms with Crippen molar-refractivity contribution in [3.05, 3.63) is 83.6 Å². The zero-order valence-corrected chi connectivity index (χ0v) is 22.1. The molecule has 1 aromatic heterocycles. The predicted molar refractivity (Wildman–Crippen MR) is 151 cm³/mol. The second kappa shape index (κ2) is 10.7. The Kier molecular flexibility index (Phi) is 7.60. The normalized spacial score (nSPS) is 22.3. The van der Waals surface area contributed by atoms with E-state index in [1.165, 1.54) is 5.56 Å². The molecule has 0 saturated heterocycles. The Hall–Kier alpha value is -3.44. The lowest BCUT2D eigenvalue weighted by atomic mass is 9.55. The quantitative estimate of drug-likeness (QED) is 0.261. The van der Waals surface area contributed by atoms with Crippen molar-refractivity contribution in [3.8, 4) is 22.4 Å². The highest BCUT2D eigenvalue weighted by Crippen LogP contribution is 2.54. The van der Waals surface area contributed by atoms with Crippen LogP contribution < -0.4 is 5.73 Å². The van der Waals surface area contributed by atoms with Crippen LogP contribution in [-0.4, -0.2) is 17.7 Å². The van der Waals surface area contributed by atoms with E-state index in [4.69, 9.17) is 10.7 Å². The molecule has 1 saturated carbocycles. The second-order valence-corrected chi connectivity index (χ2v) is 10.2. The minimum absolute atomic E-state index is 0.247. The molecule has 1 aliphatic carbocycles. The molecule has 0 unspecified atom stereocenters. The highest BCUT2D eigenvalue weighted by molar-refractivity contribution is 5.92. The second-order valence-electron chi connectivity index (χ2n) is 10.2. The average Bonchev–Trinajstić information content (AvgIpc) is 2.90. The van der Waals surface area contributed by atoms with Crippen LogP contribution in [0.5, 0.6) is 0 Å². The van der Waals surface area contributed by atoms with E-state index in [9.17, 15) is 0 Å². The third-order valence-corrected chi connectivity index (χ3v) is 7.32. The first-order valence-electron chi connectivity index (χ1n) is 12.9. The molecule has 3 aromatic rings. The number of hydrogen-bond acceptors (Lipinski definition) is 5. The fourth-order valence-electron chi connectivity index (χ4n) is 5.01. The van der Waals surface area contributed by atoms with E-state index in [1.54, 1.807) is 0 Å². The van der Waals surface area contributed by atoms with Gasteiger partial charge in [0.15, 0.2) is 5.82 Å². The van der Waals surface area contributed by atoms with E-state index in [0.29, 0.717) is 17.8 Å². The molecular formula is C31H37N5. The van der Waals surface area contributed by atoms with Crippen LogP contribution in [0.4, 0.5) is 5.82 Å². The summed E-state index contributed by atoms with van der Waals surface area (Å²) in [5.41, 5.74) is 13.8. The molecule has 0 aliphatic heterocycles. The van der Waals surface area contributed by atoms with Crippen molar-refractivity contribution >= 4 is 12.0 Å². The van der Waals surface area contributed by atoms with Gasteiger partial charge in [-0.25, -0.2) is 4.98 Å². The van der Waals surface area contributed by atoms with Gasteiger partial charge in [0.1, 0.15) is 0 Å². The van der Waals surface area contributed by atoms with Crippen LogP contribution in [0.2, 0.25) is 0 Å². The molecule has 186 valence electrons. The smallest absolute Gasteiger partial charge is 0.183 e. The summed E-state index contributed by atoms with van der Waals surface area (Å²) < 4.78 is 0. The number of rotatable bonds is 8. The number of aliphatic imine (C=N–C) groups is 1. The molecular weight excluding hydrogens is 442 g/mol. The molecule has 2 aromatic carbocycles. The third kappa shape index (κ3) is 5.36. The summed E-state index contributed by atoms with van der Waals surface area (Å²) in [4.78, 5) is 9.50. The van der Waals surface area contributed by atoms with Gasteiger partial charge in [0.05, 0.1) is 11.4 Å². The van der Waals surface area contributed by atoms with E-state index in [1.807, 2.05) is 51.3 Å². The van der Waals surface area contributed by atoms with Gasteiger partial charge in [-0.15, -0.1) is 5.11 Å². The van der Waals surface area contributed by atoms with Crippen molar-refractivity contribution in [1.29, 1.82) is 0 Å². The minimum atomic E-state index is -0.247. The van der Waals surface area contributed by atoms with Crippen LogP contribution in [0.3, 0.4) is 0 Å². The topological polar surface area (TPSA) is 76.0 Å². The molecule has 1 heterocycles. The average molecular weight is 480 g/mol. The number of nitrogens with two attached hydrogens (primary N) is 1. The molecule has 0 spiro atoms. The van der Waals surface area contributed by atoms with Crippen LogP contribution in [0.15, 0.2) is 87.7 Å². The van der Waals surface area contributed by atoms with Crippen molar-refractivity contribution in [1.82, 2.24) is 4.98 Å². The zero-order valence-electron chi connectivity index (χ0n) is 22.1.